The molecule has 6 nitrogen and oxygen atoms in total. The van der Waals surface area contributed by atoms with Gasteiger partial charge in [-0.15, -0.1) is 0 Å². The lowest BCUT2D eigenvalue weighted by atomic mass is 10.2. The monoisotopic (exact) mass is 261 g/mol. The average molecular weight is 261 g/mol. The summed E-state index contributed by atoms with van der Waals surface area (Å²) in [6, 6.07) is 1.87. The summed E-state index contributed by atoms with van der Waals surface area (Å²) >= 11 is 0. The van der Waals surface area contributed by atoms with Gasteiger partial charge in [0.15, 0.2) is 5.82 Å². The van der Waals surface area contributed by atoms with Gasteiger partial charge in [0.1, 0.15) is 5.52 Å². The Bertz CT molecular complexity index is 567. The number of hydrogen-bond acceptors (Lipinski definition) is 6. The number of hydrogen-bond donors (Lipinski definition) is 3. The normalized spacial score (nSPS) is 12.6. The van der Waals surface area contributed by atoms with Crippen molar-refractivity contribution < 1.29 is 5.11 Å². The predicted molar refractivity (Wildman–Crippen MR) is 75.9 cm³/mol. The quantitative estimate of drug-likeness (QED) is 0.754. The highest BCUT2D eigenvalue weighted by molar-refractivity contribution is 5.86. The summed E-state index contributed by atoms with van der Waals surface area (Å²) in [5.74, 6) is 0.783. The SMILES string of the molecule is CCCC(CO)Nc1nc(N)nc2cc(C)cnc12. The van der Waals surface area contributed by atoms with Crippen molar-refractivity contribution in [3.05, 3.63) is 17.8 Å². The third-order valence-electron chi connectivity index (χ3n) is 2.89. The summed E-state index contributed by atoms with van der Waals surface area (Å²) in [5, 5.41) is 12.5. The predicted octanol–water partition coefficient (Wildman–Crippen LogP) is 1.49. The van der Waals surface area contributed by atoms with E-state index in [4.69, 9.17) is 5.73 Å². The van der Waals surface area contributed by atoms with Gasteiger partial charge in [-0.3, -0.25) is 4.98 Å². The molecule has 2 aromatic heterocycles. The first-order chi connectivity index (χ1) is 9.13. The van der Waals surface area contributed by atoms with Crippen LogP contribution in [0.15, 0.2) is 12.3 Å². The molecule has 19 heavy (non-hydrogen) atoms. The number of aromatic nitrogens is 3. The van der Waals surface area contributed by atoms with Crippen molar-refractivity contribution in [2.45, 2.75) is 32.7 Å². The summed E-state index contributed by atoms with van der Waals surface area (Å²) in [4.78, 5) is 12.7. The van der Waals surface area contributed by atoms with E-state index in [0.29, 0.717) is 16.9 Å². The molecule has 0 aliphatic carbocycles. The fourth-order valence-electron chi connectivity index (χ4n) is 1.99. The number of anilines is 2. The number of aliphatic hydroxyl groups is 1. The topological polar surface area (TPSA) is 97.0 Å². The van der Waals surface area contributed by atoms with Crippen LogP contribution in [0.1, 0.15) is 25.3 Å². The Morgan fingerprint density at radius 1 is 1.42 bits per heavy atom. The van der Waals surface area contributed by atoms with Gasteiger partial charge in [-0.2, -0.15) is 4.98 Å². The number of aliphatic hydroxyl groups excluding tert-OH is 1. The molecule has 4 N–H and O–H groups in total. The van der Waals surface area contributed by atoms with E-state index in [1.807, 2.05) is 13.0 Å². The van der Waals surface area contributed by atoms with Gasteiger partial charge in [-0.25, -0.2) is 4.98 Å². The molecule has 0 spiro atoms. The maximum atomic E-state index is 9.35. The Kier molecular flexibility index (Phi) is 4.11. The lowest BCUT2D eigenvalue weighted by Gasteiger charge is -2.17. The van der Waals surface area contributed by atoms with E-state index in [2.05, 4.69) is 27.2 Å². The molecule has 0 aromatic carbocycles. The lowest BCUT2D eigenvalue weighted by molar-refractivity contribution is 0.268. The summed E-state index contributed by atoms with van der Waals surface area (Å²) in [5.41, 5.74) is 8.12. The molecule has 1 atom stereocenters. The minimum absolute atomic E-state index is 0.0467. The third kappa shape index (κ3) is 3.08. The van der Waals surface area contributed by atoms with Crippen LogP contribution in [-0.2, 0) is 0 Å². The van der Waals surface area contributed by atoms with Gasteiger partial charge < -0.3 is 16.2 Å². The molecule has 0 saturated heterocycles. The molecule has 6 heteroatoms. The van der Waals surface area contributed by atoms with E-state index in [9.17, 15) is 5.11 Å². The number of aryl methyl sites for hydroxylation is 1. The maximum Gasteiger partial charge on any atom is 0.222 e. The second kappa shape index (κ2) is 5.79. The van der Waals surface area contributed by atoms with E-state index in [1.54, 1.807) is 6.20 Å². The Hall–Kier alpha value is -1.95. The molecule has 0 amide bonds. The zero-order valence-electron chi connectivity index (χ0n) is 11.2. The first-order valence-corrected chi connectivity index (χ1v) is 6.41. The van der Waals surface area contributed by atoms with Gasteiger partial charge in [-0.05, 0) is 25.0 Å². The van der Waals surface area contributed by atoms with Gasteiger partial charge in [-0.1, -0.05) is 13.3 Å². The minimum atomic E-state index is -0.0504. The number of rotatable bonds is 5. The average Bonchev–Trinajstić information content (AvgIpc) is 2.37. The van der Waals surface area contributed by atoms with Crippen molar-refractivity contribution in [1.82, 2.24) is 15.0 Å². The molecule has 0 bridgehead atoms. The van der Waals surface area contributed by atoms with Gasteiger partial charge in [0.05, 0.1) is 18.2 Å². The van der Waals surface area contributed by atoms with Crippen molar-refractivity contribution >= 4 is 22.8 Å². The van der Waals surface area contributed by atoms with E-state index in [1.165, 1.54) is 0 Å². The zero-order chi connectivity index (χ0) is 13.8. The van der Waals surface area contributed by atoms with Crippen LogP contribution in [0.25, 0.3) is 11.0 Å². The van der Waals surface area contributed by atoms with Crippen molar-refractivity contribution in [2.75, 3.05) is 17.7 Å². The molecule has 2 aromatic rings. The largest absolute Gasteiger partial charge is 0.394 e. The summed E-state index contributed by atoms with van der Waals surface area (Å²) in [6.07, 6.45) is 3.60. The highest BCUT2D eigenvalue weighted by Crippen LogP contribution is 2.21. The smallest absolute Gasteiger partial charge is 0.222 e. The molecule has 102 valence electrons. The number of fused-ring (bicyclic) bond motifs is 1. The fraction of sp³-hybridized carbons (Fsp3) is 0.462. The summed E-state index contributed by atoms with van der Waals surface area (Å²) in [7, 11) is 0. The van der Waals surface area contributed by atoms with Crippen molar-refractivity contribution in [3.8, 4) is 0 Å². The van der Waals surface area contributed by atoms with Gasteiger partial charge in [0, 0.05) is 6.20 Å². The first kappa shape index (κ1) is 13.5. The molecule has 0 aliphatic heterocycles. The Morgan fingerprint density at radius 2 is 2.21 bits per heavy atom. The number of nitrogen functional groups attached to an aromatic ring is 1. The van der Waals surface area contributed by atoms with Crippen LogP contribution < -0.4 is 11.1 Å². The van der Waals surface area contributed by atoms with Crippen LogP contribution >= 0.6 is 0 Å². The molecular weight excluding hydrogens is 242 g/mol. The molecule has 0 radical (unpaired) electrons. The van der Waals surface area contributed by atoms with E-state index in [-0.39, 0.29) is 18.6 Å². The highest BCUT2D eigenvalue weighted by Gasteiger charge is 2.12. The minimum Gasteiger partial charge on any atom is -0.394 e. The number of nitrogens with one attached hydrogen (secondary N) is 1. The van der Waals surface area contributed by atoms with Crippen LogP contribution in [-0.4, -0.2) is 32.7 Å². The molecule has 2 rings (SSSR count). The van der Waals surface area contributed by atoms with Crippen molar-refractivity contribution in [3.63, 3.8) is 0 Å². The Labute approximate surface area is 112 Å². The summed E-state index contributed by atoms with van der Waals surface area (Å²) in [6.45, 7) is 4.06. The molecule has 0 fully saturated rings. The van der Waals surface area contributed by atoms with Crippen molar-refractivity contribution in [2.24, 2.45) is 0 Å². The van der Waals surface area contributed by atoms with Gasteiger partial charge in [0.2, 0.25) is 5.95 Å². The Morgan fingerprint density at radius 3 is 2.89 bits per heavy atom. The summed E-state index contributed by atoms with van der Waals surface area (Å²) < 4.78 is 0. The van der Waals surface area contributed by atoms with E-state index < -0.39 is 0 Å². The third-order valence-corrected chi connectivity index (χ3v) is 2.89. The Balaban J connectivity index is 2.41. The number of nitrogens with zero attached hydrogens (tertiary/aromatic N) is 3. The van der Waals surface area contributed by atoms with E-state index >= 15 is 0 Å². The van der Waals surface area contributed by atoms with Crippen LogP contribution in [0, 0.1) is 6.92 Å². The van der Waals surface area contributed by atoms with Crippen LogP contribution in [0.3, 0.4) is 0 Å². The lowest BCUT2D eigenvalue weighted by Crippen LogP contribution is -2.24. The molecule has 1 unspecified atom stereocenters. The fourth-order valence-corrected chi connectivity index (χ4v) is 1.99. The molecule has 0 saturated carbocycles. The number of nitrogens with two attached hydrogens (primary N) is 1. The molecular formula is C13H19N5O. The standard InChI is InChI=1S/C13H19N5O/c1-3-4-9(7-19)16-12-11-10(17-13(14)18-12)5-8(2)6-15-11/h5-6,9,19H,3-4,7H2,1-2H3,(H3,14,16,17,18). The molecule has 2 heterocycles. The maximum absolute atomic E-state index is 9.35. The van der Waals surface area contributed by atoms with Gasteiger partial charge >= 0.3 is 0 Å². The van der Waals surface area contributed by atoms with Crippen molar-refractivity contribution in [1.29, 1.82) is 0 Å². The van der Waals surface area contributed by atoms with Crippen LogP contribution in [0.4, 0.5) is 11.8 Å². The second-order valence-corrected chi connectivity index (χ2v) is 4.62. The second-order valence-electron chi connectivity index (χ2n) is 4.62. The van der Waals surface area contributed by atoms with Crippen LogP contribution in [0.5, 0.6) is 0 Å². The number of pyridine rings is 1. The van der Waals surface area contributed by atoms with E-state index in [0.717, 1.165) is 18.4 Å². The first-order valence-electron chi connectivity index (χ1n) is 6.41. The zero-order valence-corrected chi connectivity index (χ0v) is 11.2. The van der Waals surface area contributed by atoms with Gasteiger partial charge in [0.25, 0.3) is 0 Å². The molecule has 0 aliphatic rings. The van der Waals surface area contributed by atoms with Crippen LogP contribution in [0.2, 0.25) is 0 Å². The highest BCUT2D eigenvalue weighted by atomic mass is 16.3.